The van der Waals surface area contributed by atoms with Gasteiger partial charge in [0.15, 0.2) is 6.10 Å². The highest BCUT2D eigenvalue weighted by molar-refractivity contribution is 5.72. The number of hydrogen-bond donors (Lipinski definition) is 2. The van der Waals surface area contributed by atoms with Crippen molar-refractivity contribution in [3.63, 3.8) is 0 Å². The van der Waals surface area contributed by atoms with E-state index in [2.05, 4.69) is 0 Å². The summed E-state index contributed by atoms with van der Waals surface area (Å²) in [4.78, 5) is 10.1. The normalized spacial score (nSPS) is 17.1. The molecular formula is C7H12O3. The van der Waals surface area contributed by atoms with E-state index >= 15 is 0 Å². The van der Waals surface area contributed by atoms with Crippen LogP contribution in [0.3, 0.4) is 0 Å². The molecule has 0 fully saturated rings. The molecule has 3 nitrogen and oxygen atoms in total. The molecule has 0 radical (unpaired) electrons. The van der Waals surface area contributed by atoms with E-state index in [1.807, 2.05) is 0 Å². The third-order valence-electron chi connectivity index (χ3n) is 1.25. The molecule has 58 valence electrons. The summed E-state index contributed by atoms with van der Waals surface area (Å²) < 4.78 is 0. The molecule has 0 unspecified atom stereocenters. The molecule has 0 saturated carbocycles. The number of allylic oxidation sites excluding steroid dienone is 1. The Kier molecular flexibility index (Phi) is 3.72. The van der Waals surface area contributed by atoms with Gasteiger partial charge in [0, 0.05) is 5.92 Å². The molecule has 0 rings (SSSR count). The van der Waals surface area contributed by atoms with Crippen molar-refractivity contribution >= 4 is 5.97 Å². The van der Waals surface area contributed by atoms with E-state index in [4.69, 9.17) is 10.2 Å². The summed E-state index contributed by atoms with van der Waals surface area (Å²) in [6, 6.07) is 0. The van der Waals surface area contributed by atoms with Crippen LogP contribution in [0.25, 0.3) is 0 Å². The number of aliphatic carboxylic acids is 1. The van der Waals surface area contributed by atoms with Gasteiger partial charge in [0.2, 0.25) is 0 Å². The molecular weight excluding hydrogens is 132 g/mol. The lowest BCUT2D eigenvalue weighted by Gasteiger charge is -2.08. The highest BCUT2D eigenvalue weighted by Crippen LogP contribution is 2.03. The minimum Gasteiger partial charge on any atom is -0.479 e. The Bertz CT molecular complexity index is 140. The van der Waals surface area contributed by atoms with Gasteiger partial charge in [-0.1, -0.05) is 19.1 Å². The van der Waals surface area contributed by atoms with E-state index in [-0.39, 0.29) is 5.92 Å². The molecule has 10 heavy (non-hydrogen) atoms. The van der Waals surface area contributed by atoms with Gasteiger partial charge in [0.05, 0.1) is 0 Å². The monoisotopic (exact) mass is 144 g/mol. The quantitative estimate of drug-likeness (QED) is 0.571. The van der Waals surface area contributed by atoms with Crippen LogP contribution in [0.5, 0.6) is 0 Å². The Morgan fingerprint density at radius 2 is 2.10 bits per heavy atom. The van der Waals surface area contributed by atoms with Crippen molar-refractivity contribution in [2.24, 2.45) is 5.92 Å². The van der Waals surface area contributed by atoms with Crippen molar-refractivity contribution in [3.05, 3.63) is 12.2 Å². The molecule has 0 bridgehead atoms. The summed E-state index contributed by atoms with van der Waals surface area (Å²) in [6.45, 7) is 3.43. The lowest BCUT2D eigenvalue weighted by atomic mass is 10.1. The number of carboxylic acids is 1. The predicted molar refractivity (Wildman–Crippen MR) is 37.6 cm³/mol. The van der Waals surface area contributed by atoms with Gasteiger partial charge >= 0.3 is 5.97 Å². The minimum absolute atomic E-state index is 0.317. The van der Waals surface area contributed by atoms with Crippen LogP contribution in [0.1, 0.15) is 13.8 Å². The van der Waals surface area contributed by atoms with Crippen LogP contribution in [0.2, 0.25) is 0 Å². The molecule has 0 saturated heterocycles. The second-order valence-electron chi connectivity index (χ2n) is 2.17. The zero-order chi connectivity index (χ0) is 8.15. The molecule has 0 spiro atoms. The van der Waals surface area contributed by atoms with Gasteiger partial charge in [0.1, 0.15) is 0 Å². The van der Waals surface area contributed by atoms with Gasteiger partial charge in [-0.2, -0.15) is 0 Å². The summed E-state index contributed by atoms with van der Waals surface area (Å²) in [6.07, 6.45) is 2.09. The third kappa shape index (κ3) is 2.64. The van der Waals surface area contributed by atoms with Gasteiger partial charge in [-0.05, 0) is 6.92 Å². The number of aliphatic hydroxyl groups excluding tert-OH is 1. The fraction of sp³-hybridized carbons (Fsp3) is 0.571. The molecule has 0 aromatic rings. The summed E-state index contributed by atoms with van der Waals surface area (Å²) in [5, 5.41) is 17.2. The molecule has 2 N–H and O–H groups in total. The van der Waals surface area contributed by atoms with Gasteiger partial charge in [-0.25, -0.2) is 4.79 Å². The highest BCUT2D eigenvalue weighted by Gasteiger charge is 2.18. The van der Waals surface area contributed by atoms with Gasteiger partial charge in [0.25, 0.3) is 0 Å². The zero-order valence-electron chi connectivity index (χ0n) is 6.11. The van der Waals surface area contributed by atoms with E-state index < -0.39 is 12.1 Å². The lowest BCUT2D eigenvalue weighted by molar-refractivity contribution is -0.148. The standard InChI is InChI=1S/C7H12O3/c1-3-4-5(2)6(8)7(9)10/h3-6,8H,1-2H3,(H,9,10)/b4-3+/t5-,6+/m1/s1. The van der Waals surface area contributed by atoms with Crippen LogP contribution < -0.4 is 0 Å². The topological polar surface area (TPSA) is 57.5 Å². The number of carbonyl (C=O) groups is 1. The molecule has 0 heterocycles. The fourth-order valence-electron chi connectivity index (χ4n) is 0.634. The number of hydrogen-bond acceptors (Lipinski definition) is 2. The summed E-state index contributed by atoms with van der Waals surface area (Å²) in [5.74, 6) is -1.49. The summed E-state index contributed by atoms with van der Waals surface area (Å²) in [5.41, 5.74) is 0. The number of carboxylic acid groups (broad SMARTS) is 1. The largest absolute Gasteiger partial charge is 0.479 e. The van der Waals surface area contributed by atoms with E-state index in [0.29, 0.717) is 0 Å². The van der Waals surface area contributed by atoms with Crippen molar-refractivity contribution in [2.45, 2.75) is 20.0 Å². The van der Waals surface area contributed by atoms with Gasteiger partial charge in [-0.3, -0.25) is 0 Å². The maximum atomic E-state index is 10.1. The van der Waals surface area contributed by atoms with E-state index in [9.17, 15) is 4.79 Å². The minimum atomic E-state index is -1.28. The average molecular weight is 144 g/mol. The van der Waals surface area contributed by atoms with Crippen molar-refractivity contribution in [2.75, 3.05) is 0 Å². The lowest BCUT2D eigenvalue weighted by Crippen LogP contribution is -2.25. The van der Waals surface area contributed by atoms with E-state index in [0.717, 1.165) is 0 Å². The molecule has 0 aliphatic carbocycles. The Balaban J connectivity index is 3.93. The smallest absolute Gasteiger partial charge is 0.333 e. The molecule has 0 aromatic heterocycles. The molecule has 0 amide bonds. The van der Waals surface area contributed by atoms with Gasteiger partial charge < -0.3 is 10.2 Å². The fourth-order valence-corrected chi connectivity index (χ4v) is 0.634. The van der Waals surface area contributed by atoms with Crippen molar-refractivity contribution in [1.82, 2.24) is 0 Å². The first kappa shape index (κ1) is 9.17. The third-order valence-corrected chi connectivity index (χ3v) is 1.25. The Labute approximate surface area is 60.0 Å². The van der Waals surface area contributed by atoms with Crippen LogP contribution in [0.4, 0.5) is 0 Å². The SMILES string of the molecule is C/C=C/[C@@H](C)[C@H](O)C(=O)O. The Hall–Kier alpha value is -0.830. The maximum absolute atomic E-state index is 10.1. The van der Waals surface area contributed by atoms with Crippen molar-refractivity contribution in [3.8, 4) is 0 Å². The average Bonchev–Trinajstić information content (AvgIpc) is 1.87. The first-order valence-electron chi connectivity index (χ1n) is 3.13. The van der Waals surface area contributed by atoms with Crippen LogP contribution in [-0.2, 0) is 4.79 Å². The van der Waals surface area contributed by atoms with E-state index in [1.165, 1.54) is 0 Å². The molecule has 3 heteroatoms. The predicted octanol–water partition coefficient (Wildman–Crippen LogP) is 0.644. The van der Waals surface area contributed by atoms with Gasteiger partial charge in [-0.15, -0.1) is 0 Å². The van der Waals surface area contributed by atoms with E-state index in [1.54, 1.807) is 26.0 Å². The first-order chi connectivity index (χ1) is 4.59. The van der Waals surface area contributed by atoms with Crippen molar-refractivity contribution in [1.29, 1.82) is 0 Å². The van der Waals surface area contributed by atoms with Crippen LogP contribution >= 0.6 is 0 Å². The summed E-state index contributed by atoms with van der Waals surface area (Å²) >= 11 is 0. The highest BCUT2D eigenvalue weighted by atomic mass is 16.4. The van der Waals surface area contributed by atoms with Crippen molar-refractivity contribution < 1.29 is 15.0 Å². The second-order valence-corrected chi connectivity index (χ2v) is 2.17. The molecule has 0 aromatic carbocycles. The summed E-state index contributed by atoms with van der Waals surface area (Å²) in [7, 11) is 0. The molecule has 2 atom stereocenters. The second kappa shape index (κ2) is 4.06. The first-order valence-corrected chi connectivity index (χ1v) is 3.13. The van der Waals surface area contributed by atoms with Crippen LogP contribution in [0, 0.1) is 5.92 Å². The Morgan fingerprint density at radius 3 is 2.40 bits per heavy atom. The number of rotatable bonds is 3. The van der Waals surface area contributed by atoms with Crippen LogP contribution in [-0.4, -0.2) is 22.3 Å². The molecule has 0 aliphatic rings. The maximum Gasteiger partial charge on any atom is 0.333 e. The number of aliphatic hydroxyl groups is 1. The van der Waals surface area contributed by atoms with Crippen LogP contribution in [0.15, 0.2) is 12.2 Å². The Morgan fingerprint density at radius 1 is 1.60 bits per heavy atom. The zero-order valence-corrected chi connectivity index (χ0v) is 6.11. The molecule has 0 aliphatic heterocycles.